The SMILES string of the molecule is O=C1CCCC[C@H]1Sc1nnnn1C1CC1. The van der Waals surface area contributed by atoms with Gasteiger partial charge in [-0.2, -0.15) is 0 Å². The van der Waals surface area contributed by atoms with Gasteiger partial charge in [0.2, 0.25) is 5.16 Å². The van der Waals surface area contributed by atoms with Crippen molar-refractivity contribution < 1.29 is 4.79 Å². The molecule has 2 aliphatic rings. The quantitative estimate of drug-likeness (QED) is 0.800. The van der Waals surface area contributed by atoms with Crippen LogP contribution in [0.3, 0.4) is 0 Å². The van der Waals surface area contributed by atoms with Gasteiger partial charge >= 0.3 is 0 Å². The molecule has 2 saturated carbocycles. The molecule has 6 heteroatoms. The molecule has 0 bridgehead atoms. The van der Waals surface area contributed by atoms with Crippen LogP contribution < -0.4 is 0 Å². The van der Waals surface area contributed by atoms with Gasteiger partial charge in [-0.15, -0.1) is 5.10 Å². The van der Waals surface area contributed by atoms with Gasteiger partial charge in [-0.25, -0.2) is 4.68 Å². The number of rotatable bonds is 3. The van der Waals surface area contributed by atoms with E-state index in [9.17, 15) is 4.79 Å². The molecule has 0 aliphatic heterocycles. The highest BCUT2D eigenvalue weighted by molar-refractivity contribution is 8.00. The Morgan fingerprint density at radius 1 is 1.25 bits per heavy atom. The highest BCUT2D eigenvalue weighted by atomic mass is 32.2. The fraction of sp³-hybridized carbons (Fsp3) is 0.800. The zero-order valence-electron chi connectivity index (χ0n) is 9.00. The van der Waals surface area contributed by atoms with Crippen molar-refractivity contribution in [2.24, 2.45) is 0 Å². The van der Waals surface area contributed by atoms with E-state index in [0.29, 0.717) is 11.8 Å². The Labute approximate surface area is 98.0 Å². The van der Waals surface area contributed by atoms with E-state index in [4.69, 9.17) is 0 Å². The smallest absolute Gasteiger partial charge is 0.210 e. The van der Waals surface area contributed by atoms with Gasteiger partial charge in [0.25, 0.3) is 0 Å². The molecule has 2 fully saturated rings. The van der Waals surface area contributed by atoms with Crippen LogP contribution in [0.5, 0.6) is 0 Å². The average Bonchev–Trinajstić information content (AvgIpc) is 3.03. The first-order valence-corrected chi connectivity index (χ1v) is 6.70. The second-order valence-corrected chi connectivity index (χ2v) is 5.63. The molecule has 1 heterocycles. The van der Waals surface area contributed by atoms with Crippen LogP contribution in [0.25, 0.3) is 0 Å². The Kier molecular flexibility index (Phi) is 2.67. The largest absolute Gasteiger partial charge is 0.298 e. The molecule has 1 aromatic rings. The van der Waals surface area contributed by atoms with E-state index in [1.165, 1.54) is 0 Å². The standard InChI is InChI=1S/C10H14N4OS/c15-8-3-1-2-4-9(8)16-10-11-12-13-14(10)7-5-6-7/h7,9H,1-6H2/t9-/m1/s1. The predicted octanol–water partition coefficient (Wildman–Crippen LogP) is 1.61. The predicted molar refractivity (Wildman–Crippen MR) is 59.2 cm³/mol. The molecule has 3 rings (SSSR count). The Balaban J connectivity index is 1.72. The van der Waals surface area contributed by atoms with Gasteiger partial charge in [0, 0.05) is 6.42 Å². The Morgan fingerprint density at radius 2 is 2.12 bits per heavy atom. The van der Waals surface area contributed by atoms with E-state index < -0.39 is 0 Å². The lowest BCUT2D eigenvalue weighted by Crippen LogP contribution is -2.21. The minimum atomic E-state index is 0.0808. The number of thioether (sulfide) groups is 1. The molecule has 16 heavy (non-hydrogen) atoms. The van der Waals surface area contributed by atoms with Crippen LogP contribution in [-0.4, -0.2) is 31.2 Å². The summed E-state index contributed by atoms with van der Waals surface area (Å²) >= 11 is 1.55. The first kappa shape index (κ1) is 10.3. The summed E-state index contributed by atoms with van der Waals surface area (Å²) in [4.78, 5) is 11.7. The van der Waals surface area contributed by atoms with Gasteiger partial charge in [0.15, 0.2) is 0 Å². The van der Waals surface area contributed by atoms with Crippen molar-refractivity contribution in [2.45, 2.75) is 55.0 Å². The molecule has 5 nitrogen and oxygen atoms in total. The molecule has 0 saturated heterocycles. The normalized spacial score (nSPS) is 26.0. The summed E-state index contributed by atoms with van der Waals surface area (Å²) in [6.45, 7) is 0. The topological polar surface area (TPSA) is 60.7 Å². The monoisotopic (exact) mass is 238 g/mol. The van der Waals surface area contributed by atoms with E-state index in [-0.39, 0.29) is 5.25 Å². The third kappa shape index (κ3) is 1.98. The number of hydrogen-bond acceptors (Lipinski definition) is 5. The third-order valence-electron chi connectivity index (χ3n) is 3.10. The molecule has 0 spiro atoms. The van der Waals surface area contributed by atoms with Gasteiger partial charge in [0.1, 0.15) is 5.78 Å². The van der Waals surface area contributed by atoms with Crippen molar-refractivity contribution in [1.29, 1.82) is 0 Å². The lowest BCUT2D eigenvalue weighted by atomic mass is 9.99. The second-order valence-electron chi connectivity index (χ2n) is 4.46. The van der Waals surface area contributed by atoms with Gasteiger partial charge in [-0.05, 0) is 36.1 Å². The molecule has 0 radical (unpaired) electrons. The Hall–Kier alpha value is -0.910. The van der Waals surface area contributed by atoms with E-state index in [0.717, 1.165) is 43.7 Å². The maximum Gasteiger partial charge on any atom is 0.210 e. The highest BCUT2D eigenvalue weighted by Crippen LogP contribution is 2.38. The van der Waals surface area contributed by atoms with Gasteiger partial charge in [-0.1, -0.05) is 18.2 Å². The molecule has 0 aromatic carbocycles. The second kappa shape index (κ2) is 4.16. The van der Waals surface area contributed by atoms with E-state index >= 15 is 0 Å². The number of Topliss-reactive ketones (excluding diaryl/α,β-unsaturated/α-hetero) is 1. The summed E-state index contributed by atoms with van der Waals surface area (Å²) in [6.07, 6.45) is 6.22. The molecule has 1 atom stereocenters. The lowest BCUT2D eigenvalue weighted by molar-refractivity contribution is -0.119. The van der Waals surface area contributed by atoms with Crippen molar-refractivity contribution in [3.8, 4) is 0 Å². The van der Waals surface area contributed by atoms with Crippen LogP contribution in [0.2, 0.25) is 0 Å². The summed E-state index contributed by atoms with van der Waals surface area (Å²) in [5.41, 5.74) is 0. The summed E-state index contributed by atoms with van der Waals surface area (Å²) in [6, 6.07) is 0.483. The minimum Gasteiger partial charge on any atom is -0.298 e. The van der Waals surface area contributed by atoms with Gasteiger partial charge in [0.05, 0.1) is 11.3 Å². The molecule has 86 valence electrons. The number of tetrazole rings is 1. The third-order valence-corrected chi connectivity index (χ3v) is 4.36. The van der Waals surface area contributed by atoms with E-state index in [1.54, 1.807) is 11.8 Å². The molecule has 0 N–H and O–H groups in total. The molecule has 0 amide bonds. The highest BCUT2D eigenvalue weighted by Gasteiger charge is 2.31. The van der Waals surface area contributed by atoms with Crippen LogP contribution in [0, 0.1) is 0 Å². The van der Waals surface area contributed by atoms with Gasteiger partial charge < -0.3 is 0 Å². The van der Waals surface area contributed by atoms with Crippen LogP contribution in [0.15, 0.2) is 5.16 Å². The number of nitrogens with zero attached hydrogens (tertiary/aromatic N) is 4. The van der Waals surface area contributed by atoms with Crippen LogP contribution >= 0.6 is 11.8 Å². The summed E-state index contributed by atoms with van der Waals surface area (Å²) in [5.74, 6) is 0.363. The summed E-state index contributed by atoms with van der Waals surface area (Å²) in [5, 5.41) is 12.6. The van der Waals surface area contributed by atoms with Crippen LogP contribution in [-0.2, 0) is 4.79 Å². The molecule has 2 aliphatic carbocycles. The average molecular weight is 238 g/mol. The fourth-order valence-corrected chi connectivity index (χ4v) is 3.18. The Bertz CT molecular complexity index is 401. The maximum absolute atomic E-state index is 11.7. The van der Waals surface area contributed by atoms with Crippen LogP contribution in [0.4, 0.5) is 0 Å². The first-order chi connectivity index (χ1) is 7.84. The lowest BCUT2D eigenvalue weighted by Gasteiger charge is -2.18. The number of ketones is 1. The Morgan fingerprint density at radius 3 is 2.88 bits per heavy atom. The zero-order valence-corrected chi connectivity index (χ0v) is 9.82. The number of hydrogen-bond donors (Lipinski definition) is 0. The maximum atomic E-state index is 11.7. The first-order valence-electron chi connectivity index (χ1n) is 5.82. The van der Waals surface area contributed by atoms with Crippen molar-refractivity contribution in [2.75, 3.05) is 0 Å². The van der Waals surface area contributed by atoms with Gasteiger partial charge in [-0.3, -0.25) is 4.79 Å². The summed E-state index contributed by atoms with van der Waals surface area (Å²) < 4.78 is 1.88. The van der Waals surface area contributed by atoms with Crippen LogP contribution in [0.1, 0.15) is 44.6 Å². The van der Waals surface area contributed by atoms with E-state index in [1.807, 2.05) is 4.68 Å². The zero-order chi connectivity index (χ0) is 11.0. The van der Waals surface area contributed by atoms with Crippen molar-refractivity contribution in [1.82, 2.24) is 20.2 Å². The molecule has 0 unspecified atom stereocenters. The number of aromatic nitrogens is 4. The van der Waals surface area contributed by atoms with Crippen molar-refractivity contribution in [3.63, 3.8) is 0 Å². The molecule has 1 aromatic heterocycles. The van der Waals surface area contributed by atoms with Crippen molar-refractivity contribution in [3.05, 3.63) is 0 Å². The molecular formula is C10H14N4OS. The number of carbonyl (C=O) groups excluding carboxylic acids is 1. The summed E-state index contributed by atoms with van der Waals surface area (Å²) in [7, 11) is 0. The van der Waals surface area contributed by atoms with Crippen molar-refractivity contribution >= 4 is 17.5 Å². The molecular weight excluding hydrogens is 224 g/mol. The number of carbonyl (C=O) groups is 1. The minimum absolute atomic E-state index is 0.0808. The fourth-order valence-electron chi connectivity index (χ4n) is 2.01. The van der Waals surface area contributed by atoms with E-state index in [2.05, 4.69) is 15.5 Å².